The maximum absolute atomic E-state index is 9.16. The summed E-state index contributed by atoms with van der Waals surface area (Å²) in [6, 6.07) is 6.17. The molecular formula is C12H15NO. The summed E-state index contributed by atoms with van der Waals surface area (Å²) in [7, 11) is 0. The highest BCUT2D eigenvalue weighted by Gasteiger charge is 2.08. The second-order valence-corrected chi connectivity index (χ2v) is 3.89. The first-order chi connectivity index (χ1) is 6.74. The summed E-state index contributed by atoms with van der Waals surface area (Å²) >= 11 is 0. The average molecular weight is 189 g/mol. The van der Waals surface area contributed by atoms with Gasteiger partial charge in [-0.2, -0.15) is 0 Å². The van der Waals surface area contributed by atoms with Gasteiger partial charge in [0, 0.05) is 17.1 Å². The molecule has 1 aromatic carbocycles. The van der Waals surface area contributed by atoms with Crippen LogP contribution in [0.3, 0.4) is 0 Å². The lowest BCUT2D eigenvalue weighted by Gasteiger charge is -2.09. The SMILES string of the molecule is CC(C)c1ccc(CO)c2[nH]ccc12. The van der Waals surface area contributed by atoms with Crippen molar-refractivity contribution in [2.75, 3.05) is 0 Å². The third kappa shape index (κ3) is 1.32. The molecule has 0 aliphatic rings. The number of aromatic nitrogens is 1. The van der Waals surface area contributed by atoms with Gasteiger partial charge in [-0.25, -0.2) is 0 Å². The van der Waals surface area contributed by atoms with Crippen LogP contribution in [-0.2, 0) is 6.61 Å². The number of rotatable bonds is 2. The van der Waals surface area contributed by atoms with Crippen LogP contribution in [0.15, 0.2) is 24.4 Å². The second kappa shape index (κ2) is 3.46. The molecule has 1 aromatic heterocycles. The number of aliphatic hydroxyl groups is 1. The molecule has 2 N–H and O–H groups in total. The van der Waals surface area contributed by atoms with E-state index in [9.17, 15) is 0 Å². The Morgan fingerprint density at radius 2 is 2.07 bits per heavy atom. The summed E-state index contributed by atoms with van der Waals surface area (Å²) in [6.07, 6.45) is 1.93. The van der Waals surface area contributed by atoms with Crippen molar-refractivity contribution in [2.24, 2.45) is 0 Å². The fourth-order valence-corrected chi connectivity index (χ4v) is 1.87. The maximum Gasteiger partial charge on any atom is 0.0702 e. The van der Waals surface area contributed by atoms with Crippen LogP contribution in [0.25, 0.3) is 10.9 Å². The zero-order valence-electron chi connectivity index (χ0n) is 8.54. The minimum absolute atomic E-state index is 0.0926. The molecule has 0 fully saturated rings. The van der Waals surface area contributed by atoms with Crippen molar-refractivity contribution in [1.82, 2.24) is 4.98 Å². The molecule has 2 nitrogen and oxygen atoms in total. The van der Waals surface area contributed by atoms with Gasteiger partial charge in [0.2, 0.25) is 0 Å². The van der Waals surface area contributed by atoms with E-state index in [-0.39, 0.29) is 6.61 Å². The monoisotopic (exact) mass is 189 g/mol. The van der Waals surface area contributed by atoms with Gasteiger partial charge in [0.15, 0.2) is 0 Å². The first-order valence-corrected chi connectivity index (χ1v) is 4.93. The summed E-state index contributed by atoms with van der Waals surface area (Å²) in [5.74, 6) is 0.515. The van der Waals surface area contributed by atoms with Crippen molar-refractivity contribution in [3.8, 4) is 0 Å². The van der Waals surface area contributed by atoms with Crippen LogP contribution in [0.1, 0.15) is 30.9 Å². The Bertz CT molecular complexity index is 443. The molecule has 0 aliphatic carbocycles. The largest absolute Gasteiger partial charge is 0.392 e. The smallest absolute Gasteiger partial charge is 0.0702 e. The van der Waals surface area contributed by atoms with Gasteiger partial charge in [0.1, 0.15) is 0 Å². The molecule has 74 valence electrons. The Labute approximate surface area is 83.6 Å². The predicted octanol–water partition coefficient (Wildman–Crippen LogP) is 2.78. The molecule has 0 aliphatic heterocycles. The number of nitrogens with one attached hydrogen (secondary N) is 1. The third-order valence-electron chi connectivity index (χ3n) is 2.64. The summed E-state index contributed by atoms with van der Waals surface area (Å²) < 4.78 is 0. The van der Waals surface area contributed by atoms with Gasteiger partial charge in [0.05, 0.1) is 12.1 Å². The van der Waals surface area contributed by atoms with E-state index >= 15 is 0 Å². The van der Waals surface area contributed by atoms with E-state index in [1.807, 2.05) is 12.3 Å². The predicted molar refractivity (Wildman–Crippen MR) is 58.3 cm³/mol. The number of hydrogen-bond acceptors (Lipinski definition) is 1. The second-order valence-electron chi connectivity index (χ2n) is 3.89. The van der Waals surface area contributed by atoms with Crippen LogP contribution >= 0.6 is 0 Å². The lowest BCUT2D eigenvalue weighted by Crippen LogP contribution is -1.92. The van der Waals surface area contributed by atoms with Crippen LogP contribution < -0.4 is 0 Å². The van der Waals surface area contributed by atoms with Gasteiger partial charge in [-0.1, -0.05) is 26.0 Å². The summed E-state index contributed by atoms with van der Waals surface area (Å²) in [5, 5.41) is 10.4. The molecule has 0 amide bonds. The van der Waals surface area contributed by atoms with Crippen LogP contribution in [0.2, 0.25) is 0 Å². The molecule has 2 aromatic rings. The molecule has 14 heavy (non-hydrogen) atoms. The first kappa shape index (κ1) is 9.28. The Kier molecular flexibility index (Phi) is 2.30. The fraction of sp³-hybridized carbons (Fsp3) is 0.333. The van der Waals surface area contributed by atoms with Gasteiger partial charge >= 0.3 is 0 Å². The van der Waals surface area contributed by atoms with Gasteiger partial charge in [-0.15, -0.1) is 0 Å². The first-order valence-electron chi connectivity index (χ1n) is 4.93. The van der Waals surface area contributed by atoms with Crippen LogP contribution in [0.5, 0.6) is 0 Å². The van der Waals surface area contributed by atoms with Crippen LogP contribution in [-0.4, -0.2) is 10.1 Å². The summed E-state index contributed by atoms with van der Waals surface area (Å²) in [4.78, 5) is 3.17. The van der Waals surface area contributed by atoms with Gasteiger partial charge in [-0.3, -0.25) is 0 Å². The Balaban J connectivity index is 2.72. The molecule has 0 atom stereocenters. The number of aliphatic hydroxyl groups excluding tert-OH is 1. The zero-order chi connectivity index (χ0) is 10.1. The molecule has 0 spiro atoms. The van der Waals surface area contributed by atoms with Crippen molar-refractivity contribution in [2.45, 2.75) is 26.4 Å². The molecule has 0 unspecified atom stereocenters. The van der Waals surface area contributed by atoms with E-state index in [4.69, 9.17) is 5.11 Å². The highest BCUT2D eigenvalue weighted by atomic mass is 16.3. The molecular weight excluding hydrogens is 174 g/mol. The summed E-state index contributed by atoms with van der Waals surface area (Å²) in [5.41, 5.74) is 3.37. The fourth-order valence-electron chi connectivity index (χ4n) is 1.87. The van der Waals surface area contributed by atoms with Gasteiger partial charge < -0.3 is 10.1 Å². The molecule has 2 heteroatoms. The van der Waals surface area contributed by atoms with Crippen LogP contribution in [0.4, 0.5) is 0 Å². The number of fused-ring (bicyclic) bond motifs is 1. The highest BCUT2D eigenvalue weighted by molar-refractivity contribution is 5.86. The standard InChI is InChI=1S/C12H15NO/c1-8(2)10-4-3-9(7-14)12-11(10)5-6-13-12/h3-6,8,13-14H,7H2,1-2H3. The van der Waals surface area contributed by atoms with Crippen molar-refractivity contribution >= 4 is 10.9 Å². The zero-order valence-corrected chi connectivity index (χ0v) is 8.54. The lowest BCUT2D eigenvalue weighted by atomic mass is 9.97. The van der Waals surface area contributed by atoms with E-state index in [1.165, 1.54) is 10.9 Å². The number of hydrogen-bond donors (Lipinski definition) is 2. The van der Waals surface area contributed by atoms with E-state index in [1.54, 1.807) is 0 Å². The highest BCUT2D eigenvalue weighted by Crippen LogP contribution is 2.27. The van der Waals surface area contributed by atoms with Crippen molar-refractivity contribution in [1.29, 1.82) is 0 Å². The number of aromatic amines is 1. The lowest BCUT2D eigenvalue weighted by molar-refractivity contribution is 0.283. The quantitative estimate of drug-likeness (QED) is 0.748. The third-order valence-corrected chi connectivity index (χ3v) is 2.64. The van der Waals surface area contributed by atoms with Crippen molar-refractivity contribution in [3.63, 3.8) is 0 Å². The number of H-pyrrole nitrogens is 1. The number of benzene rings is 1. The van der Waals surface area contributed by atoms with E-state index in [0.29, 0.717) is 5.92 Å². The molecule has 2 rings (SSSR count). The Hall–Kier alpha value is -1.28. The van der Waals surface area contributed by atoms with Crippen molar-refractivity contribution in [3.05, 3.63) is 35.5 Å². The topological polar surface area (TPSA) is 36.0 Å². The molecule has 0 bridgehead atoms. The Morgan fingerprint density at radius 1 is 1.29 bits per heavy atom. The van der Waals surface area contributed by atoms with E-state index in [0.717, 1.165) is 11.1 Å². The van der Waals surface area contributed by atoms with E-state index in [2.05, 4.69) is 31.0 Å². The van der Waals surface area contributed by atoms with Crippen LogP contribution in [0, 0.1) is 0 Å². The molecule has 1 heterocycles. The Morgan fingerprint density at radius 3 is 2.71 bits per heavy atom. The van der Waals surface area contributed by atoms with Crippen molar-refractivity contribution < 1.29 is 5.11 Å². The normalized spacial score (nSPS) is 11.4. The molecule has 0 saturated carbocycles. The minimum Gasteiger partial charge on any atom is -0.392 e. The average Bonchev–Trinajstić information content (AvgIpc) is 2.64. The van der Waals surface area contributed by atoms with E-state index < -0.39 is 0 Å². The van der Waals surface area contributed by atoms with Gasteiger partial charge in [-0.05, 0) is 17.5 Å². The minimum atomic E-state index is 0.0926. The van der Waals surface area contributed by atoms with Gasteiger partial charge in [0.25, 0.3) is 0 Å². The maximum atomic E-state index is 9.16. The summed E-state index contributed by atoms with van der Waals surface area (Å²) in [6.45, 7) is 4.45. The molecule has 0 saturated heterocycles. The molecule has 0 radical (unpaired) electrons.